The van der Waals surface area contributed by atoms with Gasteiger partial charge in [-0.1, -0.05) is 26.3 Å². The van der Waals surface area contributed by atoms with Crippen LogP contribution in [0.3, 0.4) is 0 Å². The lowest BCUT2D eigenvalue weighted by Crippen LogP contribution is -2.41. The number of ketones is 1. The predicted octanol–water partition coefficient (Wildman–Crippen LogP) is 2.21. The number of aliphatic hydroxyl groups excluding tert-OH is 1. The molecule has 0 bridgehead atoms. The fourth-order valence-electron chi connectivity index (χ4n) is 3.52. The Kier molecular flexibility index (Phi) is 2.99. The molecule has 1 saturated carbocycles. The van der Waals surface area contributed by atoms with E-state index in [1.807, 2.05) is 0 Å². The normalized spacial score (nSPS) is 44.0. The summed E-state index contributed by atoms with van der Waals surface area (Å²) in [7, 11) is 0. The van der Waals surface area contributed by atoms with E-state index in [2.05, 4.69) is 20.8 Å². The van der Waals surface area contributed by atoms with Gasteiger partial charge in [-0.05, 0) is 49.5 Å². The second-order valence-electron chi connectivity index (χ2n) is 7.09. The summed E-state index contributed by atoms with van der Waals surface area (Å²) < 4.78 is 0. The minimum atomic E-state index is -1.21. The lowest BCUT2D eigenvalue weighted by molar-refractivity contribution is -0.132. The average Bonchev–Trinajstić information content (AvgIpc) is 2.40. The molecule has 2 aliphatic rings. The van der Waals surface area contributed by atoms with Crippen molar-refractivity contribution in [1.29, 1.82) is 0 Å². The molecule has 0 aliphatic heterocycles. The van der Waals surface area contributed by atoms with Crippen molar-refractivity contribution in [2.24, 2.45) is 10.8 Å². The summed E-state index contributed by atoms with van der Waals surface area (Å²) in [6.45, 7) is 8.03. The van der Waals surface area contributed by atoms with Gasteiger partial charge in [0.05, 0.1) is 6.10 Å². The van der Waals surface area contributed by atoms with E-state index in [1.165, 1.54) is 0 Å². The highest BCUT2D eigenvalue weighted by molar-refractivity contribution is 5.98. The van der Waals surface area contributed by atoms with Gasteiger partial charge in [-0.3, -0.25) is 4.79 Å². The molecule has 0 unspecified atom stereocenters. The quantitative estimate of drug-likeness (QED) is 0.752. The Morgan fingerprint density at radius 3 is 2.28 bits per heavy atom. The topological polar surface area (TPSA) is 57.5 Å². The van der Waals surface area contributed by atoms with Gasteiger partial charge in [0.2, 0.25) is 0 Å². The molecule has 3 heteroatoms. The van der Waals surface area contributed by atoms with Crippen LogP contribution in [0.5, 0.6) is 0 Å². The van der Waals surface area contributed by atoms with Gasteiger partial charge in [0, 0.05) is 0 Å². The molecule has 102 valence electrons. The van der Waals surface area contributed by atoms with Crippen molar-refractivity contribution >= 4 is 5.78 Å². The number of rotatable bonds is 1. The molecule has 18 heavy (non-hydrogen) atoms. The number of aliphatic hydroxyl groups is 2. The zero-order valence-electron chi connectivity index (χ0n) is 11.8. The maximum absolute atomic E-state index is 11.9. The Labute approximate surface area is 109 Å². The Morgan fingerprint density at radius 2 is 1.83 bits per heavy atom. The van der Waals surface area contributed by atoms with Crippen LogP contribution in [0.2, 0.25) is 0 Å². The first-order valence-electron chi connectivity index (χ1n) is 6.74. The Morgan fingerprint density at radius 1 is 1.22 bits per heavy atom. The Bertz CT molecular complexity index is 406. The molecular formula is C15H24O3. The van der Waals surface area contributed by atoms with Crippen molar-refractivity contribution < 1.29 is 15.0 Å². The van der Waals surface area contributed by atoms with Crippen LogP contribution in [0.25, 0.3) is 0 Å². The maximum atomic E-state index is 11.9. The third-order valence-corrected chi connectivity index (χ3v) is 5.31. The van der Waals surface area contributed by atoms with E-state index in [4.69, 9.17) is 0 Å². The Balaban J connectivity index is 2.36. The van der Waals surface area contributed by atoms with Gasteiger partial charge in [-0.2, -0.15) is 0 Å². The van der Waals surface area contributed by atoms with Crippen LogP contribution in [-0.2, 0) is 4.79 Å². The van der Waals surface area contributed by atoms with Crippen LogP contribution < -0.4 is 0 Å². The summed E-state index contributed by atoms with van der Waals surface area (Å²) >= 11 is 0. The molecule has 0 aromatic carbocycles. The van der Waals surface area contributed by atoms with Gasteiger partial charge in [0.15, 0.2) is 5.78 Å². The number of allylic oxidation sites excluding steroid dienone is 1. The lowest BCUT2D eigenvalue weighted by Gasteiger charge is -2.43. The lowest BCUT2D eigenvalue weighted by atomic mass is 9.62. The van der Waals surface area contributed by atoms with E-state index in [0.29, 0.717) is 12.8 Å². The van der Waals surface area contributed by atoms with E-state index in [0.717, 1.165) is 18.4 Å². The minimum absolute atomic E-state index is 0.0122. The molecule has 2 N–H and O–H groups in total. The van der Waals surface area contributed by atoms with Crippen LogP contribution in [-0.4, -0.2) is 27.7 Å². The maximum Gasteiger partial charge on any atom is 0.186 e. The fraction of sp³-hybridized carbons (Fsp3) is 0.800. The smallest absolute Gasteiger partial charge is 0.186 e. The molecule has 0 heterocycles. The summed E-state index contributed by atoms with van der Waals surface area (Å²) in [4.78, 5) is 11.9. The molecule has 2 aliphatic carbocycles. The van der Waals surface area contributed by atoms with E-state index in [1.54, 1.807) is 13.0 Å². The van der Waals surface area contributed by atoms with Crippen LogP contribution in [0.15, 0.2) is 11.6 Å². The highest BCUT2D eigenvalue weighted by atomic mass is 16.3. The van der Waals surface area contributed by atoms with E-state index < -0.39 is 5.60 Å². The number of carbonyl (C=O) groups is 1. The third kappa shape index (κ3) is 1.94. The molecule has 0 aromatic rings. The molecule has 0 radical (unpaired) electrons. The highest BCUT2D eigenvalue weighted by Crippen LogP contribution is 2.58. The first-order valence-corrected chi connectivity index (χ1v) is 6.74. The van der Waals surface area contributed by atoms with Crippen molar-refractivity contribution in [1.82, 2.24) is 0 Å². The van der Waals surface area contributed by atoms with Crippen molar-refractivity contribution in [3.8, 4) is 0 Å². The fourth-order valence-corrected chi connectivity index (χ4v) is 3.52. The monoisotopic (exact) mass is 252 g/mol. The summed E-state index contributed by atoms with van der Waals surface area (Å²) in [5, 5.41) is 19.9. The Hall–Kier alpha value is -0.670. The third-order valence-electron chi connectivity index (χ3n) is 5.31. The summed E-state index contributed by atoms with van der Waals surface area (Å²) in [6, 6.07) is 0. The number of hydrogen-bond acceptors (Lipinski definition) is 3. The van der Waals surface area contributed by atoms with Gasteiger partial charge in [-0.15, -0.1) is 0 Å². The molecule has 3 nitrogen and oxygen atoms in total. The number of carbonyl (C=O) groups excluding carboxylic acids is 1. The standard InChI is InChI=1S/C15H24O3/c1-13(2)8-11(16)9-14(13,3)10-5-6-15(4,18)12(17)7-10/h7,11,16,18H,5-6,8-9H2,1-4H3/t11-,14-,15+/m1/s1. The van der Waals surface area contributed by atoms with Gasteiger partial charge in [-0.25, -0.2) is 0 Å². The van der Waals surface area contributed by atoms with Gasteiger partial charge in [0.25, 0.3) is 0 Å². The van der Waals surface area contributed by atoms with E-state index in [9.17, 15) is 15.0 Å². The molecule has 2 rings (SSSR count). The first kappa shape index (κ1) is 13.8. The highest BCUT2D eigenvalue weighted by Gasteiger charge is 2.52. The molecule has 0 saturated heterocycles. The van der Waals surface area contributed by atoms with Crippen molar-refractivity contribution in [2.75, 3.05) is 0 Å². The minimum Gasteiger partial charge on any atom is -0.393 e. The number of hydrogen-bond donors (Lipinski definition) is 2. The van der Waals surface area contributed by atoms with Crippen molar-refractivity contribution in [3.63, 3.8) is 0 Å². The molecule has 0 spiro atoms. The average molecular weight is 252 g/mol. The van der Waals surface area contributed by atoms with Gasteiger partial charge < -0.3 is 10.2 Å². The zero-order chi connectivity index (χ0) is 13.8. The second-order valence-corrected chi connectivity index (χ2v) is 7.09. The van der Waals surface area contributed by atoms with Crippen LogP contribution >= 0.6 is 0 Å². The summed E-state index contributed by atoms with van der Waals surface area (Å²) in [5.41, 5.74) is -0.262. The second kappa shape index (κ2) is 3.91. The van der Waals surface area contributed by atoms with Crippen LogP contribution in [0, 0.1) is 10.8 Å². The van der Waals surface area contributed by atoms with Crippen LogP contribution in [0.1, 0.15) is 53.4 Å². The molecule has 0 aromatic heterocycles. The first-order chi connectivity index (χ1) is 8.08. The van der Waals surface area contributed by atoms with E-state index >= 15 is 0 Å². The van der Waals surface area contributed by atoms with Gasteiger partial charge in [0.1, 0.15) is 5.60 Å². The molecule has 3 atom stereocenters. The largest absolute Gasteiger partial charge is 0.393 e. The predicted molar refractivity (Wildman–Crippen MR) is 70.1 cm³/mol. The van der Waals surface area contributed by atoms with E-state index in [-0.39, 0.29) is 22.7 Å². The summed E-state index contributed by atoms with van der Waals surface area (Å²) in [6.07, 6.45) is 4.05. The zero-order valence-corrected chi connectivity index (χ0v) is 11.8. The summed E-state index contributed by atoms with van der Waals surface area (Å²) in [5.74, 6) is -0.192. The molecular weight excluding hydrogens is 228 g/mol. The van der Waals surface area contributed by atoms with Gasteiger partial charge >= 0.3 is 0 Å². The molecule has 1 fully saturated rings. The van der Waals surface area contributed by atoms with Crippen molar-refractivity contribution in [3.05, 3.63) is 11.6 Å². The SMILES string of the molecule is CC1(C)C[C@@H](O)C[C@]1(C)C1=CC(=O)[C@@](C)(O)CC1. The molecule has 0 amide bonds. The van der Waals surface area contributed by atoms with Crippen molar-refractivity contribution in [2.45, 2.75) is 65.1 Å². The van der Waals surface area contributed by atoms with Crippen LogP contribution in [0.4, 0.5) is 0 Å².